The zero-order valence-electron chi connectivity index (χ0n) is 12.8. The number of nitrogens with one attached hydrogen (secondary N) is 1. The van der Waals surface area contributed by atoms with Gasteiger partial charge in [-0.2, -0.15) is 4.98 Å². The Morgan fingerprint density at radius 2 is 2.18 bits per heavy atom. The summed E-state index contributed by atoms with van der Waals surface area (Å²) in [6.45, 7) is 5.79. The maximum absolute atomic E-state index is 12.2. The molecule has 0 radical (unpaired) electrons. The van der Waals surface area contributed by atoms with Gasteiger partial charge in [0.05, 0.1) is 0 Å². The number of fused-ring (bicyclic) bond motifs is 1. The largest absolute Gasteiger partial charge is 0.403 e. The number of thioether (sulfide) groups is 1. The Labute approximate surface area is 132 Å². The zero-order chi connectivity index (χ0) is 16.1. The van der Waals surface area contributed by atoms with Crippen molar-refractivity contribution in [3.05, 3.63) is 56.2 Å². The molecule has 116 valence electrons. The molecular weight excluding hydrogens is 300 g/mol. The van der Waals surface area contributed by atoms with Crippen LogP contribution in [0.3, 0.4) is 0 Å². The van der Waals surface area contributed by atoms with Gasteiger partial charge in [0.15, 0.2) is 5.16 Å². The number of rotatable bonds is 5. The van der Waals surface area contributed by atoms with Crippen LogP contribution >= 0.6 is 11.8 Å². The Balaban J connectivity index is 2.42. The van der Waals surface area contributed by atoms with E-state index in [-0.39, 0.29) is 11.3 Å². The molecule has 0 amide bonds. The lowest BCUT2D eigenvalue weighted by Gasteiger charge is -2.05. The van der Waals surface area contributed by atoms with Crippen molar-refractivity contribution in [2.45, 2.75) is 32.3 Å². The van der Waals surface area contributed by atoms with Crippen LogP contribution in [-0.4, -0.2) is 15.7 Å². The molecule has 0 spiro atoms. The molecule has 22 heavy (non-hydrogen) atoms. The second-order valence-electron chi connectivity index (χ2n) is 4.65. The third kappa shape index (κ3) is 3.57. The summed E-state index contributed by atoms with van der Waals surface area (Å²) >= 11 is 1.39. The summed E-state index contributed by atoms with van der Waals surface area (Å²) in [5, 5.41) is 0.795. The second kappa shape index (κ2) is 7.26. The molecule has 2 aromatic rings. The van der Waals surface area contributed by atoms with Crippen molar-refractivity contribution in [2.24, 2.45) is 0 Å². The fourth-order valence-corrected chi connectivity index (χ4v) is 2.95. The van der Waals surface area contributed by atoms with Gasteiger partial charge < -0.3 is 9.40 Å². The first-order valence-electron chi connectivity index (χ1n) is 7.06. The number of allylic oxidation sites excluding steroid dienone is 3. The van der Waals surface area contributed by atoms with E-state index in [4.69, 9.17) is 4.42 Å². The molecule has 0 bridgehead atoms. The Morgan fingerprint density at radius 1 is 1.41 bits per heavy atom. The number of aryl methyl sites for hydroxylation is 1. The van der Waals surface area contributed by atoms with E-state index in [1.807, 2.05) is 39.0 Å². The van der Waals surface area contributed by atoms with Gasteiger partial charge in [0.1, 0.15) is 5.39 Å². The number of hydrogen-bond donors (Lipinski definition) is 1. The highest BCUT2D eigenvalue weighted by atomic mass is 32.2. The van der Waals surface area contributed by atoms with Crippen molar-refractivity contribution >= 4 is 22.9 Å². The fourth-order valence-electron chi connectivity index (χ4n) is 2.07. The van der Waals surface area contributed by atoms with E-state index in [2.05, 4.69) is 9.97 Å². The van der Waals surface area contributed by atoms with Crippen LogP contribution in [-0.2, 0) is 6.42 Å². The maximum Gasteiger partial charge on any atom is 0.337 e. The minimum Gasteiger partial charge on any atom is -0.403 e. The molecule has 0 aliphatic carbocycles. The third-order valence-electron chi connectivity index (χ3n) is 3.18. The quantitative estimate of drug-likeness (QED) is 0.521. The van der Waals surface area contributed by atoms with Gasteiger partial charge in [-0.1, -0.05) is 36.9 Å². The van der Waals surface area contributed by atoms with E-state index in [1.54, 1.807) is 0 Å². The first-order chi connectivity index (χ1) is 10.6. The van der Waals surface area contributed by atoms with E-state index >= 15 is 0 Å². The number of nitrogens with zero attached hydrogens (tertiary/aromatic N) is 1. The minimum atomic E-state index is -0.485. The van der Waals surface area contributed by atoms with Crippen molar-refractivity contribution in [2.75, 3.05) is 5.75 Å². The van der Waals surface area contributed by atoms with Crippen molar-refractivity contribution < 1.29 is 4.42 Å². The van der Waals surface area contributed by atoms with Gasteiger partial charge in [-0.05, 0) is 31.4 Å². The summed E-state index contributed by atoms with van der Waals surface area (Å²) in [7, 11) is 0. The molecule has 5 nitrogen and oxygen atoms in total. The number of aromatic amines is 1. The van der Waals surface area contributed by atoms with Gasteiger partial charge >= 0.3 is 5.63 Å². The molecule has 6 heteroatoms. The monoisotopic (exact) mass is 318 g/mol. The summed E-state index contributed by atoms with van der Waals surface area (Å²) in [6, 6.07) is 1.34. The van der Waals surface area contributed by atoms with Crippen molar-refractivity contribution in [1.29, 1.82) is 0 Å². The van der Waals surface area contributed by atoms with Crippen LogP contribution in [0.2, 0.25) is 0 Å². The van der Waals surface area contributed by atoms with Crippen molar-refractivity contribution in [3.63, 3.8) is 0 Å². The van der Waals surface area contributed by atoms with Crippen LogP contribution < -0.4 is 11.2 Å². The van der Waals surface area contributed by atoms with Gasteiger partial charge in [0.2, 0.25) is 5.71 Å². The van der Waals surface area contributed by atoms with Crippen LogP contribution in [0.4, 0.5) is 0 Å². The lowest BCUT2D eigenvalue weighted by Crippen LogP contribution is -2.14. The average Bonchev–Trinajstić information content (AvgIpc) is 2.50. The van der Waals surface area contributed by atoms with E-state index in [9.17, 15) is 9.59 Å². The molecule has 2 rings (SSSR count). The van der Waals surface area contributed by atoms with E-state index in [0.29, 0.717) is 28.3 Å². The smallest absolute Gasteiger partial charge is 0.337 e. The highest BCUT2D eigenvalue weighted by Gasteiger charge is 2.12. The molecule has 0 fully saturated rings. The minimum absolute atomic E-state index is 0.101. The number of hydrogen-bond acceptors (Lipinski definition) is 5. The second-order valence-corrected chi connectivity index (χ2v) is 5.61. The van der Waals surface area contributed by atoms with E-state index in [0.717, 1.165) is 5.57 Å². The Kier molecular flexibility index (Phi) is 5.38. The van der Waals surface area contributed by atoms with Gasteiger partial charge in [0.25, 0.3) is 5.56 Å². The van der Waals surface area contributed by atoms with E-state index < -0.39 is 5.63 Å². The molecule has 1 N–H and O–H groups in total. The average molecular weight is 318 g/mol. The van der Waals surface area contributed by atoms with Gasteiger partial charge in [0, 0.05) is 11.8 Å². The summed E-state index contributed by atoms with van der Waals surface area (Å²) in [4.78, 5) is 30.8. The zero-order valence-corrected chi connectivity index (χ0v) is 13.6. The van der Waals surface area contributed by atoms with Gasteiger partial charge in [-0.25, -0.2) is 4.79 Å². The third-order valence-corrected chi connectivity index (χ3v) is 4.13. The van der Waals surface area contributed by atoms with Crippen LogP contribution in [0.15, 0.2) is 49.0 Å². The molecular formula is C16H18N2O3S. The first-order valence-corrected chi connectivity index (χ1v) is 8.05. The molecule has 0 atom stereocenters. The highest BCUT2D eigenvalue weighted by Crippen LogP contribution is 2.19. The lowest BCUT2D eigenvalue weighted by atomic mass is 10.1. The first kappa shape index (κ1) is 16.3. The molecule has 2 heterocycles. The van der Waals surface area contributed by atoms with Gasteiger partial charge in [-0.15, -0.1) is 0 Å². The molecule has 0 aliphatic heterocycles. The molecule has 2 aromatic heterocycles. The molecule has 0 saturated carbocycles. The maximum atomic E-state index is 12.2. The SMILES string of the molecule is C/C=C\C(=C/C)CSc1nc2oc(=O)cc(CC)c2c(=O)[nH]1. The Bertz CT molecular complexity index is 847. The van der Waals surface area contributed by atoms with Crippen LogP contribution in [0.1, 0.15) is 26.3 Å². The topological polar surface area (TPSA) is 76.0 Å². The van der Waals surface area contributed by atoms with Crippen molar-refractivity contribution in [3.8, 4) is 0 Å². The van der Waals surface area contributed by atoms with Crippen molar-refractivity contribution in [1.82, 2.24) is 9.97 Å². The fraction of sp³-hybridized carbons (Fsp3) is 0.312. The lowest BCUT2D eigenvalue weighted by molar-refractivity contribution is 0.541. The highest BCUT2D eigenvalue weighted by molar-refractivity contribution is 7.99. The van der Waals surface area contributed by atoms with Gasteiger partial charge in [-0.3, -0.25) is 4.79 Å². The van der Waals surface area contributed by atoms with Crippen LogP contribution in [0.5, 0.6) is 0 Å². The summed E-state index contributed by atoms with van der Waals surface area (Å²) in [6.07, 6.45) is 6.53. The summed E-state index contributed by atoms with van der Waals surface area (Å²) in [5.74, 6) is 0.674. The number of H-pyrrole nitrogens is 1. The molecule has 0 aromatic carbocycles. The normalized spacial score (nSPS) is 12.4. The predicted molar refractivity (Wildman–Crippen MR) is 89.6 cm³/mol. The Morgan fingerprint density at radius 3 is 2.82 bits per heavy atom. The molecule has 0 unspecified atom stereocenters. The number of aromatic nitrogens is 2. The standard InChI is InChI=1S/C16H18N2O3S/c1-4-7-10(5-2)9-22-16-17-14(20)13-11(6-3)8-12(19)21-15(13)18-16/h4-5,7-8H,6,9H2,1-3H3,(H,17,18,20)/b7-4-,10-5+. The van der Waals surface area contributed by atoms with E-state index in [1.165, 1.54) is 17.8 Å². The molecule has 0 saturated heterocycles. The van der Waals surface area contributed by atoms with Crippen LogP contribution in [0, 0.1) is 0 Å². The summed E-state index contributed by atoms with van der Waals surface area (Å²) < 4.78 is 5.08. The van der Waals surface area contributed by atoms with Crippen LogP contribution in [0.25, 0.3) is 11.1 Å². The molecule has 0 aliphatic rings. The predicted octanol–water partition coefficient (Wildman–Crippen LogP) is 3.05. The Hall–Kier alpha value is -2.08. The summed E-state index contributed by atoms with van der Waals surface area (Å²) in [5.41, 5.74) is 1.12.